The van der Waals surface area contributed by atoms with Gasteiger partial charge in [-0.05, 0) is 24.6 Å². The van der Waals surface area contributed by atoms with Crippen LogP contribution in [0.25, 0.3) is 0 Å². The summed E-state index contributed by atoms with van der Waals surface area (Å²) < 4.78 is 1.64. The Bertz CT molecular complexity index is 728. The second kappa shape index (κ2) is 5.81. The lowest BCUT2D eigenvalue weighted by Gasteiger charge is -2.15. The monoisotopic (exact) mass is 318 g/mol. The maximum absolute atomic E-state index is 12.4. The van der Waals surface area contributed by atoms with Crippen molar-refractivity contribution in [1.82, 2.24) is 15.1 Å². The minimum absolute atomic E-state index is 0.122. The van der Waals surface area contributed by atoms with Crippen molar-refractivity contribution in [1.29, 1.82) is 0 Å². The highest BCUT2D eigenvalue weighted by Gasteiger charge is 2.34. The predicted octanol–water partition coefficient (Wildman–Crippen LogP) is 1.61. The molecular formula is C15H15ClN4O2. The Hall–Kier alpha value is -2.34. The summed E-state index contributed by atoms with van der Waals surface area (Å²) >= 11 is 5.88. The molecule has 0 aliphatic carbocycles. The van der Waals surface area contributed by atoms with Crippen molar-refractivity contribution in [2.75, 3.05) is 11.4 Å². The maximum Gasteiger partial charge on any atom is 0.251 e. The molecular weight excluding hydrogens is 304 g/mol. The van der Waals surface area contributed by atoms with Gasteiger partial charge in [-0.15, -0.1) is 0 Å². The summed E-state index contributed by atoms with van der Waals surface area (Å²) in [6.45, 7) is 0.561. The number of hydrogen-bond donors (Lipinski definition) is 1. The molecule has 1 unspecified atom stereocenters. The molecule has 0 saturated carbocycles. The third kappa shape index (κ3) is 2.82. The van der Waals surface area contributed by atoms with E-state index in [4.69, 9.17) is 11.6 Å². The van der Waals surface area contributed by atoms with E-state index in [0.717, 1.165) is 5.69 Å². The Kier molecular flexibility index (Phi) is 3.85. The van der Waals surface area contributed by atoms with E-state index >= 15 is 0 Å². The fraction of sp³-hybridized carbons (Fsp3) is 0.267. The molecule has 0 bridgehead atoms. The summed E-state index contributed by atoms with van der Waals surface area (Å²) in [5.74, 6) is -0.419. The zero-order valence-corrected chi connectivity index (χ0v) is 12.7. The van der Waals surface area contributed by atoms with Gasteiger partial charge in [-0.1, -0.05) is 17.7 Å². The molecule has 2 amide bonds. The molecule has 1 aliphatic rings. The molecule has 1 fully saturated rings. The number of carbonyl (C=O) groups is 2. The standard InChI is InChI=1S/C15H15ClN4O2/c1-19-9-12(8-17-19)20-6-5-13(15(20)22)18-14(21)10-3-2-4-11(16)7-10/h2-4,7-9,13H,5-6H2,1H3,(H,18,21). The van der Waals surface area contributed by atoms with Crippen LogP contribution in [-0.2, 0) is 11.8 Å². The fourth-order valence-corrected chi connectivity index (χ4v) is 2.68. The Morgan fingerprint density at radius 2 is 2.27 bits per heavy atom. The van der Waals surface area contributed by atoms with E-state index in [0.29, 0.717) is 23.6 Å². The van der Waals surface area contributed by atoms with E-state index in [9.17, 15) is 9.59 Å². The summed E-state index contributed by atoms with van der Waals surface area (Å²) in [6.07, 6.45) is 3.98. The van der Waals surface area contributed by atoms with Crippen molar-refractivity contribution in [3.63, 3.8) is 0 Å². The first-order valence-corrected chi connectivity index (χ1v) is 7.29. The van der Waals surface area contributed by atoms with E-state index in [2.05, 4.69) is 10.4 Å². The van der Waals surface area contributed by atoms with E-state index in [1.54, 1.807) is 53.3 Å². The van der Waals surface area contributed by atoms with Gasteiger partial charge in [0, 0.05) is 30.4 Å². The number of hydrogen-bond acceptors (Lipinski definition) is 3. The molecule has 0 spiro atoms. The number of nitrogens with one attached hydrogen (secondary N) is 1. The van der Waals surface area contributed by atoms with Gasteiger partial charge in [0.1, 0.15) is 6.04 Å². The van der Waals surface area contributed by atoms with E-state index in [-0.39, 0.29) is 11.8 Å². The van der Waals surface area contributed by atoms with Gasteiger partial charge in [0.15, 0.2) is 0 Å². The number of anilines is 1. The highest BCUT2D eigenvalue weighted by molar-refractivity contribution is 6.31. The van der Waals surface area contributed by atoms with Gasteiger partial charge in [0.2, 0.25) is 5.91 Å². The minimum Gasteiger partial charge on any atom is -0.340 e. The molecule has 1 aliphatic heterocycles. The van der Waals surface area contributed by atoms with Crippen LogP contribution in [0.2, 0.25) is 5.02 Å². The lowest BCUT2D eigenvalue weighted by molar-refractivity contribution is -0.118. The fourth-order valence-electron chi connectivity index (χ4n) is 2.49. The van der Waals surface area contributed by atoms with Crippen LogP contribution in [0.15, 0.2) is 36.7 Å². The van der Waals surface area contributed by atoms with Crippen molar-refractivity contribution in [2.45, 2.75) is 12.5 Å². The van der Waals surface area contributed by atoms with Crippen LogP contribution in [0.3, 0.4) is 0 Å². The molecule has 1 saturated heterocycles. The van der Waals surface area contributed by atoms with E-state index in [1.165, 1.54) is 0 Å². The normalized spacial score (nSPS) is 17.8. The van der Waals surface area contributed by atoms with Crippen LogP contribution < -0.4 is 10.2 Å². The quantitative estimate of drug-likeness (QED) is 0.935. The molecule has 2 aromatic rings. The lowest BCUT2D eigenvalue weighted by atomic mass is 10.2. The van der Waals surface area contributed by atoms with E-state index in [1.807, 2.05) is 0 Å². The molecule has 7 heteroatoms. The van der Waals surface area contributed by atoms with Crippen LogP contribution in [0.5, 0.6) is 0 Å². The summed E-state index contributed by atoms with van der Waals surface area (Å²) in [6, 6.07) is 6.12. The minimum atomic E-state index is -0.522. The zero-order chi connectivity index (χ0) is 15.7. The molecule has 0 radical (unpaired) electrons. The number of carbonyl (C=O) groups excluding carboxylic acids is 2. The number of benzene rings is 1. The molecule has 3 rings (SSSR count). The predicted molar refractivity (Wildman–Crippen MR) is 82.9 cm³/mol. The van der Waals surface area contributed by atoms with E-state index < -0.39 is 6.04 Å². The third-order valence-electron chi connectivity index (χ3n) is 3.60. The maximum atomic E-state index is 12.4. The number of nitrogens with zero attached hydrogens (tertiary/aromatic N) is 3. The van der Waals surface area contributed by atoms with Crippen LogP contribution in [0.1, 0.15) is 16.8 Å². The SMILES string of the molecule is Cn1cc(N2CCC(NC(=O)c3cccc(Cl)c3)C2=O)cn1. The first kappa shape index (κ1) is 14.6. The molecule has 1 N–H and O–H groups in total. The molecule has 6 nitrogen and oxygen atoms in total. The molecule has 22 heavy (non-hydrogen) atoms. The van der Waals surface area contributed by atoms with Gasteiger partial charge in [-0.25, -0.2) is 0 Å². The van der Waals surface area contributed by atoms with Crippen molar-refractivity contribution in [3.8, 4) is 0 Å². The van der Waals surface area contributed by atoms with Gasteiger partial charge in [-0.3, -0.25) is 14.3 Å². The van der Waals surface area contributed by atoms with Gasteiger partial charge in [0.05, 0.1) is 11.9 Å². The summed E-state index contributed by atoms with van der Waals surface area (Å²) in [4.78, 5) is 26.2. The molecule has 2 heterocycles. The second-order valence-electron chi connectivity index (χ2n) is 5.19. The average molecular weight is 319 g/mol. The Morgan fingerprint density at radius 1 is 1.45 bits per heavy atom. The van der Waals surface area contributed by atoms with Gasteiger partial charge in [0.25, 0.3) is 5.91 Å². The summed E-state index contributed by atoms with van der Waals surface area (Å²) in [5, 5.41) is 7.31. The average Bonchev–Trinajstić information content (AvgIpc) is 3.06. The molecule has 1 atom stereocenters. The van der Waals surface area contributed by atoms with Crippen molar-refractivity contribution < 1.29 is 9.59 Å². The highest BCUT2D eigenvalue weighted by Crippen LogP contribution is 2.21. The number of rotatable bonds is 3. The second-order valence-corrected chi connectivity index (χ2v) is 5.62. The van der Waals surface area contributed by atoms with Gasteiger partial charge in [-0.2, -0.15) is 5.10 Å². The molecule has 1 aromatic carbocycles. The van der Waals surface area contributed by atoms with Crippen molar-refractivity contribution in [2.24, 2.45) is 7.05 Å². The van der Waals surface area contributed by atoms with Crippen LogP contribution in [-0.4, -0.2) is 34.2 Å². The topological polar surface area (TPSA) is 67.2 Å². The summed E-state index contributed by atoms with van der Waals surface area (Å²) in [7, 11) is 1.79. The smallest absolute Gasteiger partial charge is 0.251 e. The third-order valence-corrected chi connectivity index (χ3v) is 3.84. The largest absolute Gasteiger partial charge is 0.340 e. The van der Waals surface area contributed by atoms with Crippen LogP contribution in [0.4, 0.5) is 5.69 Å². The highest BCUT2D eigenvalue weighted by atomic mass is 35.5. The first-order chi connectivity index (χ1) is 10.5. The number of aryl methyl sites for hydroxylation is 1. The summed E-state index contributed by atoms with van der Waals surface area (Å²) in [5.41, 5.74) is 1.19. The number of aromatic nitrogens is 2. The van der Waals surface area contributed by atoms with Gasteiger partial charge >= 0.3 is 0 Å². The van der Waals surface area contributed by atoms with Crippen molar-refractivity contribution >= 4 is 29.1 Å². The van der Waals surface area contributed by atoms with Gasteiger partial charge < -0.3 is 10.2 Å². The number of amides is 2. The first-order valence-electron chi connectivity index (χ1n) is 6.91. The lowest BCUT2D eigenvalue weighted by Crippen LogP contribution is -2.41. The Morgan fingerprint density at radius 3 is 2.95 bits per heavy atom. The molecule has 1 aromatic heterocycles. The Labute approximate surface area is 132 Å². The van der Waals surface area contributed by atoms with Crippen molar-refractivity contribution in [3.05, 3.63) is 47.2 Å². The zero-order valence-electron chi connectivity index (χ0n) is 12.0. The molecule has 114 valence electrons. The van der Waals surface area contributed by atoms with Crippen LogP contribution in [0, 0.1) is 0 Å². The Balaban J connectivity index is 1.69. The number of halogens is 1. The van der Waals surface area contributed by atoms with Crippen LogP contribution >= 0.6 is 11.6 Å².